The predicted octanol–water partition coefficient (Wildman–Crippen LogP) is 2.84. The molecule has 1 N–H and O–H groups in total. The highest BCUT2D eigenvalue weighted by molar-refractivity contribution is 7.99. The maximum Gasteiger partial charge on any atom is 0.234 e. The number of hydrogen-bond acceptors (Lipinski definition) is 5. The number of nitrogens with zero attached hydrogens (tertiary/aromatic N) is 1. The van der Waals surface area contributed by atoms with E-state index in [1.807, 2.05) is 30.3 Å². The highest BCUT2D eigenvalue weighted by Crippen LogP contribution is 2.17. The first kappa shape index (κ1) is 16.2. The van der Waals surface area contributed by atoms with Crippen molar-refractivity contribution >= 4 is 23.4 Å². The van der Waals surface area contributed by atoms with Crippen LogP contribution in [0.15, 0.2) is 48.8 Å². The molecule has 0 saturated carbocycles. The SMILES string of the molecule is COc1ccc(OCCSCC(=O)Nc2cccnc2)cc1. The minimum Gasteiger partial charge on any atom is -0.497 e. The van der Waals surface area contributed by atoms with E-state index < -0.39 is 0 Å². The molecule has 2 aromatic rings. The zero-order chi connectivity index (χ0) is 15.6. The van der Waals surface area contributed by atoms with Gasteiger partial charge in [0.05, 0.1) is 31.4 Å². The van der Waals surface area contributed by atoms with Crippen LogP contribution in [0.5, 0.6) is 11.5 Å². The van der Waals surface area contributed by atoms with Gasteiger partial charge in [0.1, 0.15) is 11.5 Å². The summed E-state index contributed by atoms with van der Waals surface area (Å²) in [5, 5.41) is 2.79. The smallest absolute Gasteiger partial charge is 0.234 e. The van der Waals surface area contributed by atoms with Gasteiger partial charge >= 0.3 is 0 Å². The molecule has 5 nitrogen and oxygen atoms in total. The number of rotatable bonds is 8. The maximum atomic E-state index is 11.7. The van der Waals surface area contributed by atoms with Crippen LogP contribution in [-0.4, -0.2) is 36.1 Å². The van der Waals surface area contributed by atoms with Crippen molar-refractivity contribution < 1.29 is 14.3 Å². The van der Waals surface area contributed by atoms with E-state index in [0.29, 0.717) is 18.0 Å². The zero-order valence-electron chi connectivity index (χ0n) is 12.3. The molecule has 0 fully saturated rings. The molecule has 0 atom stereocenters. The van der Waals surface area contributed by atoms with Crippen molar-refractivity contribution in [2.24, 2.45) is 0 Å². The Bertz CT molecular complexity index is 576. The summed E-state index contributed by atoms with van der Waals surface area (Å²) < 4.78 is 10.7. The normalized spacial score (nSPS) is 10.0. The lowest BCUT2D eigenvalue weighted by atomic mass is 10.3. The molecule has 6 heteroatoms. The summed E-state index contributed by atoms with van der Waals surface area (Å²) in [4.78, 5) is 15.6. The Labute approximate surface area is 134 Å². The second-order valence-corrected chi connectivity index (χ2v) is 5.47. The molecule has 0 radical (unpaired) electrons. The first-order valence-corrected chi connectivity index (χ1v) is 7.98. The summed E-state index contributed by atoms with van der Waals surface area (Å²) in [7, 11) is 1.63. The van der Waals surface area contributed by atoms with Crippen molar-refractivity contribution in [3.8, 4) is 11.5 Å². The van der Waals surface area contributed by atoms with E-state index in [4.69, 9.17) is 9.47 Å². The van der Waals surface area contributed by atoms with Crippen LogP contribution in [0.25, 0.3) is 0 Å². The number of aromatic nitrogens is 1. The number of anilines is 1. The van der Waals surface area contributed by atoms with E-state index in [-0.39, 0.29) is 5.91 Å². The molecule has 1 aromatic carbocycles. The van der Waals surface area contributed by atoms with Crippen molar-refractivity contribution in [2.75, 3.05) is 30.5 Å². The van der Waals surface area contributed by atoms with Crippen LogP contribution in [0.1, 0.15) is 0 Å². The first-order chi connectivity index (χ1) is 10.8. The summed E-state index contributed by atoms with van der Waals surface area (Å²) >= 11 is 1.53. The number of benzene rings is 1. The summed E-state index contributed by atoms with van der Waals surface area (Å²) in [5.74, 6) is 2.69. The van der Waals surface area contributed by atoms with Crippen molar-refractivity contribution in [2.45, 2.75) is 0 Å². The van der Waals surface area contributed by atoms with Crippen LogP contribution in [-0.2, 0) is 4.79 Å². The molecule has 22 heavy (non-hydrogen) atoms. The molecule has 0 spiro atoms. The number of amides is 1. The summed E-state index contributed by atoms with van der Waals surface area (Å²) in [6, 6.07) is 11.0. The van der Waals surface area contributed by atoms with Crippen molar-refractivity contribution in [3.05, 3.63) is 48.8 Å². The Balaban J connectivity index is 1.59. The van der Waals surface area contributed by atoms with E-state index in [1.165, 1.54) is 11.8 Å². The van der Waals surface area contributed by atoms with Crippen LogP contribution >= 0.6 is 11.8 Å². The van der Waals surface area contributed by atoms with Crippen molar-refractivity contribution in [1.29, 1.82) is 0 Å². The van der Waals surface area contributed by atoms with Gasteiger partial charge < -0.3 is 14.8 Å². The van der Waals surface area contributed by atoms with Crippen LogP contribution in [0.3, 0.4) is 0 Å². The van der Waals surface area contributed by atoms with Gasteiger partial charge in [0, 0.05) is 11.9 Å². The third-order valence-corrected chi connectivity index (χ3v) is 3.66. The van der Waals surface area contributed by atoms with E-state index in [1.54, 1.807) is 25.6 Å². The Morgan fingerprint density at radius 1 is 1.23 bits per heavy atom. The Kier molecular flexibility index (Phi) is 6.57. The van der Waals surface area contributed by atoms with Gasteiger partial charge in [-0.3, -0.25) is 9.78 Å². The number of ether oxygens (including phenoxy) is 2. The summed E-state index contributed by atoms with van der Waals surface area (Å²) in [5.41, 5.74) is 0.711. The number of carbonyl (C=O) groups is 1. The predicted molar refractivity (Wildman–Crippen MR) is 88.7 cm³/mol. The summed E-state index contributed by atoms with van der Waals surface area (Å²) in [6.45, 7) is 0.553. The molecule has 0 aliphatic carbocycles. The lowest BCUT2D eigenvalue weighted by molar-refractivity contribution is -0.113. The lowest BCUT2D eigenvalue weighted by Gasteiger charge is -2.07. The third kappa shape index (κ3) is 5.65. The standard InChI is InChI=1S/C16H18N2O3S/c1-20-14-4-6-15(7-5-14)21-9-10-22-12-16(19)18-13-3-2-8-17-11-13/h2-8,11H,9-10,12H2,1H3,(H,18,19). The number of carbonyl (C=O) groups excluding carboxylic acids is 1. The molecule has 116 valence electrons. The van der Waals surface area contributed by atoms with Crippen LogP contribution in [0.2, 0.25) is 0 Å². The fourth-order valence-electron chi connectivity index (χ4n) is 1.69. The first-order valence-electron chi connectivity index (χ1n) is 6.82. The van der Waals surface area contributed by atoms with E-state index in [2.05, 4.69) is 10.3 Å². The quantitative estimate of drug-likeness (QED) is 0.758. The molecule has 1 aromatic heterocycles. The molecular weight excluding hydrogens is 300 g/mol. The van der Waals surface area contributed by atoms with Gasteiger partial charge in [-0.25, -0.2) is 0 Å². The second kappa shape index (κ2) is 8.94. The summed E-state index contributed by atoms with van der Waals surface area (Å²) in [6.07, 6.45) is 3.29. The topological polar surface area (TPSA) is 60.5 Å². The number of methoxy groups -OCH3 is 1. The molecule has 1 heterocycles. The Morgan fingerprint density at radius 2 is 2.00 bits per heavy atom. The maximum absolute atomic E-state index is 11.7. The number of thioether (sulfide) groups is 1. The van der Waals surface area contributed by atoms with Gasteiger partial charge in [-0.15, -0.1) is 11.8 Å². The van der Waals surface area contributed by atoms with Gasteiger partial charge in [0.2, 0.25) is 5.91 Å². The van der Waals surface area contributed by atoms with Crippen molar-refractivity contribution in [3.63, 3.8) is 0 Å². The largest absolute Gasteiger partial charge is 0.497 e. The van der Waals surface area contributed by atoms with Gasteiger partial charge in [0.15, 0.2) is 0 Å². The average molecular weight is 318 g/mol. The number of nitrogens with one attached hydrogen (secondary N) is 1. The monoisotopic (exact) mass is 318 g/mol. The minimum atomic E-state index is -0.0394. The average Bonchev–Trinajstić information content (AvgIpc) is 2.56. The minimum absolute atomic E-state index is 0.0394. The second-order valence-electron chi connectivity index (χ2n) is 4.37. The molecule has 0 aliphatic heterocycles. The Morgan fingerprint density at radius 3 is 2.68 bits per heavy atom. The highest BCUT2D eigenvalue weighted by atomic mass is 32.2. The molecule has 0 saturated heterocycles. The van der Waals surface area contributed by atoms with E-state index >= 15 is 0 Å². The van der Waals surface area contributed by atoms with Crippen LogP contribution in [0.4, 0.5) is 5.69 Å². The van der Waals surface area contributed by atoms with Crippen LogP contribution in [0, 0.1) is 0 Å². The number of hydrogen-bond donors (Lipinski definition) is 1. The molecule has 0 aliphatic rings. The zero-order valence-corrected chi connectivity index (χ0v) is 13.1. The van der Waals surface area contributed by atoms with E-state index in [0.717, 1.165) is 17.3 Å². The molecule has 2 rings (SSSR count). The van der Waals surface area contributed by atoms with Gasteiger partial charge in [-0.2, -0.15) is 0 Å². The van der Waals surface area contributed by atoms with Crippen LogP contribution < -0.4 is 14.8 Å². The highest BCUT2D eigenvalue weighted by Gasteiger charge is 2.02. The lowest BCUT2D eigenvalue weighted by Crippen LogP contribution is -2.15. The molecule has 1 amide bonds. The van der Waals surface area contributed by atoms with Gasteiger partial charge in [-0.05, 0) is 36.4 Å². The fraction of sp³-hybridized carbons (Fsp3) is 0.250. The molecular formula is C16H18N2O3S. The van der Waals surface area contributed by atoms with E-state index in [9.17, 15) is 4.79 Å². The molecule has 0 unspecified atom stereocenters. The molecule has 0 bridgehead atoms. The fourth-order valence-corrected chi connectivity index (χ4v) is 2.29. The van der Waals surface area contributed by atoms with Gasteiger partial charge in [0.25, 0.3) is 0 Å². The number of pyridine rings is 1. The van der Waals surface area contributed by atoms with Crippen molar-refractivity contribution in [1.82, 2.24) is 4.98 Å². The van der Waals surface area contributed by atoms with Gasteiger partial charge in [-0.1, -0.05) is 0 Å². The third-order valence-electron chi connectivity index (χ3n) is 2.73. The Hall–Kier alpha value is -2.21.